The molecule has 8 heteroatoms. The SMILES string of the molecule is COc1ccc(S(=O)(=O)N2CCC[C@H]2c2cc(C)on2)cc1Cl. The average Bonchev–Trinajstić information content (AvgIpc) is 3.15. The largest absolute Gasteiger partial charge is 0.495 e. The van der Waals surface area contributed by atoms with Gasteiger partial charge in [0.2, 0.25) is 10.0 Å². The van der Waals surface area contributed by atoms with Gasteiger partial charge in [-0.25, -0.2) is 8.42 Å². The Morgan fingerprint density at radius 2 is 2.17 bits per heavy atom. The van der Waals surface area contributed by atoms with Crippen molar-refractivity contribution < 1.29 is 17.7 Å². The fourth-order valence-corrected chi connectivity index (χ4v) is 4.83. The molecule has 0 unspecified atom stereocenters. The van der Waals surface area contributed by atoms with Crippen molar-refractivity contribution in [2.24, 2.45) is 0 Å². The number of sulfonamides is 1. The Hall–Kier alpha value is -1.57. The molecule has 0 bridgehead atoms. The molecule has 1 aromatic carbocycles. The lowest BCUT2D eigenvalue weighted by Crippen LogP contribution is -2.30. The Morgan fingerprint density at radius 3 is 2.78 bits per heavy atom. The molecule has 1 atom stereocenters. The normalized spacial score (nSPS) is 19.2. The molecule has 2 aromatic rings. The van der Waals surface area contributed by atoms with Crippen LogP contribution < -0.4 is 4.74 Å². The fraction of sp³-hybridized carbons (Fsp3) is 0.400. The van der Waals surface area contributed by atoms with E-state index in [0.29, 0.717) is 23.7 Å². The zero-order valence-corrected chi connectivity index (χ0v) is 14.4. The number of benzene rings is 1. The average molecular weight is 357 g/mol. The molecule has 0 aliphatic carbocycles. The van der Waals surface area contributed by atoms with E-state index in [1.54, 1.807) is 19.1 Å². The molecule has 1 saturated heterocycles. The van der Waals surface area contributed by atoms with Gasteiger partial charge in [-0.3, -0.25) is 0 Å². The quantitative estimate of drug-likeness (QED) is 0.841. The van der Waals surface area contributed by atoms with Gasteiger partial charge in [-0.05, 0) is 38.0 Å². The first-order chi connectivity index (χ1) is 10.9. The van der Waals surface area contributed by atoms with E-state index in [-0.39, 0.29) is 16.0 Å². The summed E-state index contributed by atoms with van der Waals surface area (Å²) >= 11 is 6.06. The number of hydrogen-bond donors (Lipinski definition) is 0. The zero-order chi connectivity index (χ0) is 16.6. The van der Waals surface area contributed by atoms with Crippen LogP contribution in [0.15, 0.2) is 33.7 Å². The van der Waals surface area contributed by atoms with E-state index in [1.807, 2.05) is 0 Å². The summed E-state index contributed by atoms with van der Waals surface area (Å²) in [5, 5.41) is 4.24. The van der Waals surface area contributed by atoms with Crippen LogP contribution >= 0.6 is 11.6 Å². The number of halogens is 1. The number of ether oxygens (including phenoxy) is 1. The van der Waals surface area contributed by atoms with Crippen LogP contribution in [0.25, 0.3) is 0 Å². The smallest absolute Gasteiger partial charge is 0.243 e. The number of rotatable bonds is 4. The van der Waals surface area contributed by atoms with Crippen molar-refractivity contribution in [1.82, 2.24) is 9.46 Å². The van der Waals surface area contributed by atoms with E-state index in [9.17, 15) is 8.42 Å². The standard InChI is InChI=1S/C15H17ClN2O4S/c1-10-8-13(17-22-10)14-4-3-7-18(14)23(19,20)11-5-6-15(21-2)12(16)9-11/h5-6,8-9,14H,3-4,7H2,1-2H3/t14-/m0/s1. The highest BCUT2D eigenvalue weighted by Crippen LogP contribution is 2.37. The molecule has 1 fully saturated rings. The van der Waals surface area contributed by atoms with Crippen LogP contribution in [-0.2, 0) is 10.0 Å². The second-order valence-corrected chi connectivity index (χ2v) is 7.73. The van der Waals surface area contributed by atoms with E-state index in [4.69, 9.17) is 20.9 Å². The Labute approximate surface area is 140 Å². The first-order valence-corrected chi connectivity index (χ1v) is 9.04. The molecule has 6 nitrogen and oxygen atoms in total. The van der Waals surface area contributed by atoms with Gasteiger partial charge < -0.3 is 9.26 Å². The summed E-state index contributed by atoms with van der Waals surface area (Å²) in [7, 11) is -2.18. The molecule has 2 heterocycles. The third kappa shape index (κ3) is 2.96. The molecule has 0 spiro atoms. The van der Waals surface area contributed by atoms with E-state index in [2.05, 4.69) is 5.16 Å². The van der Waals surface area contributed by atoms with Crippen molar-refractivity contribution in [3.8, 4) is 5.75 Å². The summed E-state index contributed by atoms with van der Waals surface area (Å²) in [6, 6.07) is 5.95. The highest BCUT2D eigenvalue weighted by atomic mass is 35.5. The van der Waals surface area contributed by atoms with Gasteiger partial charge in [-0.1, -0.05) is 16.8 Å². The number of aromatic nitrogens is 1. The maximum atomic E-state index is 12.9. The predicted molar refractivity (Wildman–Crippen MR) is 85.1 cm³/mol. The van der Waals surface area contributed by atoms with Gasteiger partial charge in [0.1, 0.15) is 17.2 Å². The highest BCUT2D eigenvalue weighted by Gasteiger charge is 2.38. The summed E-state index contributed by atoms with van der Waals surface area (Å²) in [6.07, 6.45) is 1.49. The Balaban J connectivity index is 1.96. The Morgan fingerprint density at radius 1 is 1.39 bits per heavy atom. The van der Waals surface area contributed by atoms with Crippen molar-refractivity contribution in [2.45, 2.75) is 30.7 Å². The lowest BCUT2D eigenvalue weighted by Gasteiger charge is -2.22. The molecule has 1 aliphatic heterocycles. The molecule has 1 aromatic heterocycles. The van der Waals surface area contributed by atoms with Crippen LogP contribution in [0, 0.1) is 6.92 Å². The van der Waals surface area contributed by atoms with Crippen LogP contribution in [0.4, 0.5) is 0 Å². The van der Waals surface area contributed by atoms with Crippen LogP contribution in [0.1, 0.15) is 30.3 Å². The predicted octanol–water partition coefficient (Wildman–Crippen LogP) is 3.17. The fourth-order valence-electron chi connectivity index (χ4n) is 2.81. The summed E-state index contributed by atoms with van der Waals surface area (Å²) in [4.78, 5) is 0.149. The summed E-state index contributed by atoms with van der Waals surface area (Å²) in [5.41, 5.74) is 0.642. The van der Waals surface area contributed by atoms with Crippen molar-refractivity contribution in [1.29, 1.82) is 0 Å². The second kappa shape index (κ2) is 6.14. The lowest BCUT2D eigenvalue weighted by atomic mass is 10.1. The highest BCUT2D eigenvalue weighted by molar-refractivity contribution is 7.89. The number of aryl methyl sites for hydroxylation is 1. The topological polar surface area (TPSA) is 72.6 Å². The lowest BCUT2D eigenvalue weighted by molar-refractivity contribution is 0.349. The monoisotopic (exact) mass is 356 g/mol. The van der Waals surface area contributed by atoms with Gasteiger partial charge in [0.25, 0.3) is 0 Å². The number of methoxy groups -OCH3 is 1. The molecule has 0 saturated carbocycles. The van der Waals surface area contributed by atoms with Gasteiger partial charge in [-0.2, -0.15) is 4.31 Å². The van der Waals surface area contributed by atoms with Gasteiger partial charge in [-0.15, -0.1) is 0 Å². The van der Waals surface area contributed by atoms with Crippen LogP contribution in [0.3, 0.4) is 0 Å². The molecule has 3 rings (SSSR count). The van der Waals surface area contributed by atoms with Crippen LogP contribution in [0.5, 0.6) is 5.75 Å². The maximum Gasteiger partial charge on any atom is 0.243 e. The minimum absolute atomic E-state index is 0.149. The summed E-state index contributed by atoms with van der Waals surface area (Å²) in [6.45, 7) is 2.23. The first kappa shape index (κ1) is 16.3. The van der Waals surface area contributed by atoms with Crippen LogP contribution in [0.2, 0.25) is 5.02 Å². The summed E-state index contributed by atoms with van der Waals surface area (Å²) in [5.74, 6) is 1.10. The molecule has 23 heavy (non-hydrogen) atoms. The van der Waals surface area contributed by atoms with E-state index in [0.717, 1.165) is 12.8 Å². The summed E-state index contributed by atoms with van der Waals surface area (Å²) < 4.78 is 37.5. The van der Waals surface area contributed by atoms with Crippen LogP contribution in [-0.4, -0.2) is 31.5 Å². The minimum atomic E-state index is -3.66. The molecule has 0 radical (unpaired) electrons. The third-order valence-electron chi connectivity index (χ3n) is 3.92. The minimum Gasteiger partial charge on any atom is -0.495 e. The third-order valence-corrected chi connectivity index (χ3v) is 6.12. The zero-order valence-electron chi connectivity index (χ0n) is 12.8. The number of hydrogen-bond acceptors (Lipinski definition) is 5. The van der Waals surface area contributed by atoms with Crippen molar-refractivity contribution in [3.63, 3.8) is 0 Å². The van der Waals surface area contributed by atoms with Crippen molar-refractivity contribution in [2.75, 3.05) is 13.7 Å². The molecular weight excluding hydrogens is 340 g/mol. The van der Waals surface area contributed by atoms with E-state index in [1.165, 1.54) is 23.5 Å². The molecule has 124 valence electrons. The first-order valence-electron chi connectivity index (χ1n) is 7.22. The van der Waals surface area contributed by atoms with Gasteiger partial charge in [0.15, 0.2) is 0 Å². The van der Waals surface area contributed by atoms with Crippen molar-refractivity contribution >= 4 is 21.6 Å². The number of nitrogens with zero attached hydrogens (tertiary/aromatic N) is 2. The van der Waals surface area contributed by atoms with E-state index >= 15 is 0 Å². The second-order valence-electron chi connectivity index (χ2n) is 5.43. The molecular formula is C15H17ClN2O4S. The molecule has 0 N–H and O–H groups in total. The Bertz CT molecular complexity index is 819. The molecule has 0 amide bonds. The molecule has 1 aliphatic rings. The van der Waals surface area contributed by atoms with Gasteiger partial charge >= 0.3 is 0 Å². The Kier molecular flexibility index (Phi) is 4.35. The van der Waals surface area contributed by atoms with Crippen molar-refractivity contribution in [3.05, 3.63) is 40.7 Å². The van der Waals surface area contributed by atoms with E-state index < -0.39 is 10.0 Å². The maximum absolute atomic E-state index is 12.9. The van der Waals surface area contributed by atoms with Gasteiger partial charge in [0.05, 0.1) is 23.1 Å². The van der Waals surface area contributed by atoms with Gasteiger partial charge in [0, 0.05) is 12.6 Å².